The van der Waals surface area contributed by atoms with Crippen LogP contribution >= 0.6 is 39.3 Å². The van der Waals surface area contributed by atoms with Crippen LogP contribution in [0.4, 0.5) is 5.69 Å². The third-order valence-electron chi connectivity index (χ3n) is 4.60. The van der Waals surface area contributed by atoms with E-state index in [1.54, 1.807) is 22.9 Å². The molecule has 0 bridgehead atoms. The van der Waals surface area contributed by atoms with Crippen LogP contribution in [0.15, 0.2) is 73.7 Å². The number of aromatic nitrogens is 3. The van der Waals surface area contributed by atoms with E-state index in [0.717, 1.165) is 15.7 Å². The van der Waals surface area contributed by atoms with Crippen molar-refractivity contribution in [2.45, 2.75) is 5.16 Å². The largest absolute Gasteiger partial charge is 0.455 e. The van der Waals surface area contributed by atoms with Crippen molar-refractivity contribution in [2.75, 3.05) is 5.75 Å². The van der Waals surface area contributed by atoms with E-state index in [-0.39, 0.29) is 10.7 Å². The van der Waals surface area contributed by atoms with Gasteiger partial charge in [-0.3, -0.25) is 10.1 Å². The molecule has 3 heterocycles. The molecule has 0 spiro atoms. The van der Waals surface area contributed by atoms with Crippen LogP contribution in [-0.4, -0.2) is 31.3 Å². The average molecular weight is 517 g/mol. The molecule has 2 aromatic carbocycles. The normalized spacial score (nSPS) is 13.0. The molecule has 0 saturated heterocycles. The Labute approximate surface area is 193 Å². The third kappa shape index (κ3) is 3.67. The lowest BCUT2D eigenvalue weighted by Gasteiger charge is -2.12. The van der Waals surface area contributed by atoms with Crippen molar-refractivity contribution in [1.29, 1.82) is 0 Å². The quantitative estimate of drug-likeness (QED) is 0.248. The van der Waals surface area contributed by atoms with Gasteiger partial charge in [0.2, 0.25) is 5.16 Å². The first-order chi connectivity index (χ1) is 15.0. The maximum absolute atomic E-state index is 10.9. The fraction of sp³-hybridized carbons (Fsp3) is 0.0500. The Bertz CT molecular complexity index is 1370. The summed E-state index contributed by atoms with van der Waals surface area (Å²) < 4.78 is 8.58. The van der Waals surface area contributed by atoms with Crippen molar-refractivity contribution in [3.8, 4) is 22.7 Å². The van der Waals surface area contributed by atoms with E-state index in [1.807, 2.05) is 24.3 Å². The number of nitro groups is 1. The number of hydrogen-bond donors (Lipinski definition) is 0. The Balaban J connectivity index is 1.51. The van der Waals surface area contributed by atoms with Gasteiger partial charge in [-0.2, -0.15) is 9.78 Å². The molecule has 2 aromatic heterocycles. The monoisotopic (exact) mass is 515 g/mol. The molecule has 1 aliphatic heterocycles. The van der Waals surface area contributed by atoms with E-state index in [4.69, 9.17) is 21.1 Å². The molecule has 31 heavy (non-hydrogen) atoms. The van der Waals surface area contributed by atoms with Crippen LogP contribution < -0.4 is 0 Å². The molecular weight excluding hydrogens is 506 g/mol. The summed E-state index contributed by atoms with van der Waals surface area (Å²) in [5.41, 5.74) is 2.09. The van der Waals surface area contributed by atoms with Gasteiger partial charge in [-0.15, -0.1) is 10.2 Å². The molecule has 0 unspecified atom stereocenters. The van der Waals surface area contributed by atoms with E-state index in [1.165, 1.54) is 23.9 Å². The zero-order valence-corrected chi connectivity index (χ0v) is 18.7. The lowest BCUT2D eigenvalue weighted by atomic mass is 10.1. The predicted molar refractivity (Wildman–Crippen MR) is 122 cm³/mol. The minimum atomic E-state index is -0.489. The molecule has 0 N–H and O–H groups in total. The third-order valence-corrected chi connectivity index (χ3v) is 6.54. The van der Waals surface area contributed by atoms with Gasteiger partial charge in [0.1, 0.15) is 11.5 Å². The van der Waals surface area contributed by atoms with Gasteiger partial charge < -0.3 is 4.42 Å². The summed E-state index contributed by atoms with van der Waals surface area (Å²) in [6.45, 7) is 0. The molecule has 11 heteroatoms. The highest BCUT2D eigenvalue weighted by atomic mass is 79.9. The second kappa shape index (κ2) is 7.95. The lowest BCUT2D eigenvalue weighted by Crippen LogP contribution is -2.13. The molecule has 5 rings (SSSR count). The second-order valence-electron chi connectivity index (χ2n) is 6.52. The zero-order valence-electron chi connectivity index (χ0n) is 15.5. The van der Waals surface area contributed by atoms with Crippen LogP contribution in [0.5, 0.6) is 0 Å². The Morgan fingerprint density at radius 3 is 2.68 bits per heavy atom. The lowest BCUT2D eigenvalue weighted by molar-refractivity contribution is -0.384. The van der Waals surface area contributed by atoms with E-state index < -0.39 is 4.92 Å². The number of fused-ring (bicyclic) bond motifs is 1. The van der Waals surface area contributed by atoms with Gasteiger partial charge in [-0.25, -0.2) is 0 Å². The molecule has 4 aromatic rings. The van der Waals surface area contributed by atoms with Crippen LogP contribution in [0, 0.1) is 10.1 Å². The molecule has 0 fully saturated rings. The smallest absolute Gasteiger partial charge is 0.270 e. The highest BCUT2D eigenvalue weighted by Gasteiger charge is 2.24. The molecule has 154 valence electrons. The molecule has 0 amide bonds. The summed E-state index contributed by atoms with van der Waals surface area (Å²) >= 11 is 11.3. The first-order valence-electron chi connectivity index (χ1n) is 8.97. The van der Waals surface area contributed by atoms with Crippen molar-refractivity contribution in [1.82, 2.24) is 14.9 Å². The maximum Gasteiger partial charge on any atom is 0.270 e. The van der Waals surface area contributed by atoms with Gasteiger partial charge in [0.05, 0.1) is 9.95 Å². The number of hydrogen-bond acceptors (Lipinski definition) is 7. The molecule has 1 aliphatic rings. The molecule has 0 radical (unpaired) electrons. The van der Waals surface area contributed by atoms with Gasteiger partial charge in [0, 0.05) is 33.5 Å². The van der Waals surface area contributed by atoms with E-state index >= 15 is 0 Å². The number of nitro benzene ring substituents is 1. The molecule has 8 nitrogen and oxygen atoms in total. The molecule has 0 saturated carbocycles. The zero-order chi connectivity index (χ0) is 21.5. The first kappa shape index (κ1) is 20.0. The summed E-state index contributed by atoms with van der Waals surface area (Å²) in [6, 6.07) is 15.6. The summed E-state index contributed by atoms with van der Waals surface area (Å²) in [5, 5.41) is 25.1. The Morgan fingerprint density at radius 2 is 1.90 bits per heavy atom. The fourth-order valence-electron chi connectivity index (χ4n) is 3.11. The Hall–Kier alpha value is -2.95. The topological polar surface area (TPSA) is 99.3 Å². The van der Waals surface area contributed by atoms with Crippen molar-refractivity contribution in [2.24, 2.45) is 5.10 Å². The van der Waals surface area contributed by atoms with Crippen molar-refractivity contribution < 1.29 is 9.34 Å². The van der Waals surface area contributed by atoms with Gasteiger partial charge in [-0.05, 0) is 30.3 Å². The van der Waals surface area contributed by atoms with Gasteiger partial charge in [0.15, 0.2) is 11.6 Å². The van der Waals surface area contributed by atoms with Crippen LogP contribution in [0.25, 0.3) is 22.7 Å². The van der Waals surface area contributed by atoms with E-state index in [0.29, 0.717) is 33.8 Å². The molecule has 0 aliphatic carbocycles. The summed E-state index contributed by atoms with van der Waals surface area (Å²) in [6.07, 6.45) is 0. The molecular formula is C20H11BrClN5O3S. The van der Waals surface area contributed by atoms with Gasteiger partial charge in [0.25, 0.3) is 5.69 Å². The number of halogens is 2. The molecule has 0 atom stereocenters. The first-order valence-corrected chi connectivity index (χ1v) is 11.1. The number of thioether (sulfide) groups is 1. The van der Waals surface area contributed by atoms with E-state index in [9.17, 15) is 10.1 Å². The van der Waals surface area contributed by atoms with Gasteiger partial charge in [-0.1, -0.05) is 51.4 Å². The predicted octanol–water partition coefficient (Wildman–Crippen LogP) is 5.89. The average Bonchev–Trinajstić information content (AvgIpc) is 3.41. The number of nitrogens with zero attached hydrogens (tertiary/aromatic N) is 5. The fourth-order valence-corrected chi connectivity index (χ4v) is 4.66. The second-order valence-corrected chi connectivity index (χ2v) is 8.72. The van der Waals surface area contributed by atoms with Gasteiger partial charge >= 0.3 is 0 Å². The Kier molecular flexibility index (Phi) is 5.12. The van der Waals surface area contributed by atoms with Crippen LogP contribution in [-0.2, 0) is 0 Å². The summed E-state index contributed by atoms with van der Waals surface area (Å²) in [4.78, 5) is 10.4. The number of furan rings is 1. The number of non-ortho nitro benzene ring substituents is 1. The highest BCUT2D eigenvalue weighted by molar-refractivity contribution is 9.10. The standard InChI is InChI=1S/C20H11BrClN5O3S/c21-14-4-2-1-3-12(14)19-23-24-20-26(19)25-16(10-31-20)18-8-7-17(30-18)13-6-5-11(27(28)29)9-15(13)22/h1-9H,10H2. The van der Waals surface area contributed by atoms with Crippen LogP contribution in [0.3, 0.4) is 0 Å². The van der Waals surface area contributed by atoms with Crippen molar-refractivity contribution in [3.63, 3.8) is 0 Å². The van der Waals surface area contributed by atoms with Crippen molar-refractivity contribution in [3.05, 3.63) is 80.0 Å². The maximum atomic E-state index is 10.9. The number of rotatable bonds is 4. The highest BCUT2D eigenvalue weighted by Crippen LogP contribution is 2.35. The SMILES string of the molecule is O=[N+]([O-])c1ccc(-c2ccc(C3=Nn4c(nnc4-c4ccccc4Br)SC3)o2)c(Cl)c1. The number of benzene rings is 2. The van der Waals surface area contributed by atoms with Crippen LogP contribution in [0.2, 0.25) is 5.02 Å². The van der Waals surface area contributed by atoms with Crippen molar-refractivity contribution >= 4 is 50.7 Å². The summed E-state index contributed by atoms with van der Waals surface area (Å²) in [5.74, 6) is 2.27. The minimum absolute atomic E-state index is 0.0756. The minimum Gasteiger partial charge on any atom is -0.455 e. The van der Waals surface area contributed by atoms with E-state index in [2.05, 4.69) is 26.1 Å². The summed E-state index contributed by atoms with van der Waals surface area (Å²) in [7, 11) is 0. The van der Waals surface area contributed by atoms with Crippen LogP contribution in [0.1, 0.15) is 5.76 Å². The Morgan fingerprint density at radius 1 is 1.10 bits per heavy atom.